The highest BCUT2D eigenvalue weighted by molar-refractivity contribution is 5.27. The van der Waals surface area contributed by atoms with Crippen molar-refractivity contribution in [1.82, 2.24) is 5.48 Å². The predicted molar refractivity (Wildman–Crippen MR) is 68.5 cm³/mol. The molecular formula is C13H21NO4. The van der Waals surface area contributed by atoms with E-state index in [1.54, 1.807) is 7.11 Å². The van der Waals surface area contributed by atoms with Crippen molar-refractivity contribution < 1.29 is 19.4 Å². The van der Waals surface area contributed by atoms with E-state index in [1.165, 1.54) is 0 Å². The molecule has 0 radical (unpaired) electrons. The third kappa shape index (κ3) is 6.56. The lowest BCUT2D eigenvalue weighted by molar-refractivity contribution is -0.0173. The molecule has 1 unspecified atom stereocenters. The van der Waals surface area contributed by atoms with Crippen molar-refractivity contribution in [2.75, 3.05) is 33.5 Å². The van der Waals surface area contributed by atoms with E-state index in [-0.39, 0.29) is 6.61 Å². The molecule has 0 saturated heterocycles. The lowest BCUT2D eigenvalue weighted by atomic mass is 10.2. The fourth-order valence-corrected chi connectivity index (χ4v) is 1.31. The molecule has 2 N–H and O–H groups in total. The Morgan fingerprint density at radius 1 is 1.33 bits per heavy atom. The van der Waals surface area contributed by atoms with Gasteiger partial charge in [0.15, 0.2) is 0 Å². The van der Waals surface area contributed by atoms with Gasteiger partial charge in [0.25, 0.3) is 0 Å². The van der Waals surface area contributed by atoms with E-state index >= 15 is 0 Å². The predicted octanol–water partition coefficient (Wildman–Crippen LogP) is 0.902. The number of rotatable bonds is 9. The topological polar surface area (TPSA) is 60.0 Å². The van der Waals surface area contributed by atoms with E-state index in [0.29, 0.717) is 19.8 Å². The molecule has 0 aliphatic carbocycles. The van der Waals surface area contributed by atoms with Gasteiger partial charge in [0.1, 0.15) is 18.5 Å². The Bertz CT molecular complexity index is 333. The standard InChI is InChI=1S/C13H21NO4/c1-11-4-3-5-13(8-11)17-10-12(15)9-14-18-7-6-16-2/h3-5,8,12,14-15H,6-7,9-10H2,1-2H3. The first-order chi connectivity index (χ1) is 8.72. The molecule has 18 heavy (non-hydrogen) atoms. The largest absolute Gasteiger partial charge is 0.491 e. The summed E-state index contributed by atoms with van der Waals surface area (Å²) in [6.45, 7) is 3.50. The molecule has 0 heterocycles. The molecule has 1 rings (SSSR count). The van der Waals surface area contributed by atoms with Crippen LogP contribution < -0.4 is 10.2 Å². The Labute approximate surface area is 108 Å². The van der Waals surface area contributed by atoms with E-state index in [2.05, 4.69) is 5.48 Å². The summed E-state index contributed by atoms with van der Waals surface area (Å²) in [5.74, 6) is 0.759. The molecule has 1 aromatic rings. The fraction of sp³-hybridized carbons (Fsp3) is 0.538. The van der Waals surface area contributed by atoms with E-state index in [9.17, 15) is 5.11 Å². The molecule has 0 saturated carbocycles. The van der Waals surface area contributed by atoms with E-state index in [1.807, 2.05) is 31.2 Å². The van der Waals surface area contributed by atoms with Crippen molar-refractivity contribution >= 4 is 0 Å². The number of benzene rings is 1. The summed E-state index contributed by atoms with van der Waals surface area (Å²) in [4.78, 5) is 5.03. The monoisotopic (exact) mass is 255 g/mol. The summed E-state index contributed by atoms with van der Waals surface area (Å²) in [6.07, 6.45) is -0.618. The van der Waals surface area contributed by atoms with Gasteiger partial charge in [-0.1, -0.05) is 12.1 Å². The van der Waals surface area contributed by atoms with Crippen molar-refractivity contribution in [3.63, 3.8) is 0 Å². The van der Waals surface area contributed by atoms with Crippen LogP contribution in [0.4, 0.5) is 0 Å². The first kappa shape index (κ1) is 14.9. The van der Waals surface area contributed by atoms with Crippen LogP contribution >= 0.6 is 0 Å². The highest BCUT2D eigenvalue weighted by atomic mass is 16.7. The lowest BCUT2D eigenvalue weighted by Crippen LogP contribution is -2.32. The second-order valence-corrected chi connectivity index (χ2v) is 3.97. The van der Waals surface area contributed by atoms with Crippen LogP contribution in [0.3, 0.4) is 0 Å². The zero-order chi connectivity index (χ0) is 13.2. The molecule has 0 aliphatic heterocycles. The molecule has 0 spiro atoms. The van der Waals surface area contributed by atoms with Gasteiger partial charge in [-0.2, -0.15) is 5.48 Å². The van der Waals surface area contributed by atoms with Gasteiger partial charge in [-0.05, 0) is 24.6 Å². The molecule has 0 aliphatic rings. The molecule has 0 bridgehead atoms. The summed E-state index contributed by atoms with van der Waals surface area (Å²) < 4.78 is 10.3. The fourth-order valence-electron chi connectivity index (χ4n) is 1.31. The number of nitrogens with one attached hydrogen (secondary N) is 1. The van der Waals surface area contributed by atoms with E-state index in [4.69, 9.17) is 14.3 Å². The maximum Gasteiger partial charge on any atom is 0.119 e. The third-order valence-corrected chi connectivity index (χ3v) is 2.24. The van der Waals surface area contributed by atoms with Gasteiger partial charge >= 0.3 is 0 Å². The number of ether oxygens (including phenoxy) is 2. The molecule has 1 aromatic carbocycles. The van der Waals surface area contributed by atoms with Crippen molar-refractivity contribution in [1.29, 1.82) is 0 Å². The van der Waals surface area contributed by atoms with Crippen LogP contribution in [0.25, 0.3) is 0 Å². The lowest BCUT2D eigenvalue weighted by Gasteiger charge is -2.13. The van der Waals surface area contributed by atoms with Crippen LogP contribution in [-0.4, -0.2) is 44.7 Å². The van der Waals surface area contributed by atoms with E-state index in [0.717, 1.165) is 11.3 Å². The SMILES string of the molecule is COCCONCC(O)COc1cccc(C)c1. The molecule has 5 nitrogen and oxygen atoms in total. The maximum absolute atomic E-state index is 9.64. The first-order valence-electron chi connectivity index (χ1n) is 5.93. The first-order valence-corrected chi connectivity index (χ1v) is 5.93. The molecule has 0 amide bonds. The second kappa shape index (κ2) is 8.88. The normalized spacial score (nSPS) is 12.4. The van der Waals surface area contributed by atoms with Crippen LogP contribution in [0.15, 0.2) is 24.3 Å². The van der Waals surface area contributed by atoms with Crippen molar-refractivity contribution in [3.05, 3.63) is 29.8 Å². The van der Waals surface area contributed by atoms with Crippen LogP contribution in [0, 0.1) is 6.92 Å². The molecule has 102 valence electrons. The van der Waals surface area contributed by atoms with Gasteiger partial charge in [-0.15, -0.1) is 0 Å². The van der Waals surface area contributed by atoms with Gasteiger partial charge in [0, 0.05) is 7.11 Å². The summed E-state index contributed by atoms with van der Waals surface area (Å²) in [6, 6.07) is 7.70. The number of aryl methyl sites for hydroxylation is 1. The molecule has 0 fully saturated rings. The number of aliphatic hydroxyl groups is 1. The van der Waals surface area contributed by atoms with Gasteiger partial charge < -0.3 is 14.6 Å². The molecule has 0 aromatic heterocycles. The Morgan fingerprint density at radius 3 is 2.89 bits per heavy atom. The third-order valence-electron chi connectivity index (χ3n) is 2.24. The van der Waals surface area contributed by atoms with Gasteiger partial charge in [-0.25, -0.2) is 0 Å². The average molecular weight is 255 g/mol. The van der Waals surface area contributed by atoms with Gasteiger partial charge in [0.2, 0.25) is 0 Å². The molecular weight excluding hydrogens is 234 g/mol. The summed E-state index contributed by atoms with van der Waals surface area (Å²) in [5, 5.41) is 9.64. The van der Waals surface area contributed by atoms with Gasteiger partial charge in [0.05, 0.1) is 19.8 Å². The van der Waals surface area contributed by atoms with Crippen molar-refractivity contribution in [2.45, 2.75) is 13.0 Å². The Morgan fingerprint density at radius 2 is 2.17 bits per heavy atom. The number of aliphatic hydroxyl groups excluding tert-OH is 1. The summed E-state index contributed by atoms with van der Waals surface area (Å²) in [5.41, 5.74) is 3.79. The minimum Gasteiger partial charge on any atom is -0.491 e. The number of hydroxylamine groups is 1. The Hall–Kier alpha value is -1.14. The zero-order valence-electron chi connectivity index (χ0n) is 10.9. The number of hydrogen-bond acceptors (Lipinski definition) is 5. The van der Waals surface area contributed by atoms with Gasteiger partial charge in [-0.3, -0.25) is 4.84 Å². The summed E-state index contributed by atoms with van der Waals surface area (Å²) >= 11 is 0. The smallest absolute Gasteiger partial charge is 0.119 e. The highest BCUT2D eigenvalue weighted by Crippen LogP contribution is 2.12. The van der Waals surface area contributed by atoms with E-state index < -0.39 is 6.10 Å². The minimum absolute atomic E-state index is 0.226. The van der Waals surface area contributed by atoms with Crippen molar-refractivity contribution in [2.24, 2.45) is 0 Å². The zero-order valence-corrected chi connectivity index (χ0v) is 10.9. The van der Waals surface area contributed by atoms with Crippen molar-refractivity contribution in [3.8, 4) is 5.75 Å². The summed E-state index contributed by atoms with van der Waals surface area (Å²) in [7, 11) is 1.61. The van der Waals surface area contributed by atoms with Crippen LogP contribution in [0.1, 0.15) is 5.56 Å². The Balaban J connectivity index is 2.11. The van der Waals surface area contributed by atoms with Crippen LogP contribution in [0.2, 0.25) is 0 Å². The number of methoxy groups -OCH3 is 1. The number of hydrogen-bond donors (Lipinski definition) is 2. The highest BCUT2D eigenvalue weighted by Gasteiger charge is 2.05. The van der Waals surface area contributed by atoms with Crippen LogP contribution in [0.5, 0.6) is 5.75 Å². The average Bonchev–Trinajstić information content (AvgIpc) is 2.36. The molecule has 1 atom stereocenters. The Kier molecular flexibility index (Phi) is 7.36. The molecule has 5 heteroatoms. The minimum atomic E-state index is -0.618. The second-order valence-electron chi connectivity index (χ2n) is 3.97. The maximum atomic E-state index is 9.64. The van der Waals surface area contributed by atoms with Crippen LogP contribution in [-0.2, 0) is 9.57 Å². The quantitative estimate of drug-likeness (QED) is 0.507.